The smallest absolute Gasteiger partial charge is 0.230 e. The van der Waals surface area contributed by atoms with Gasteiger partial charge in [0.15, 0.2) is 0 Å². The number of nitrogens with one attached hydrogen (secondary N) is 1. The largest absolute Gasteiger partial charge is 0.338 e. The van der Waals surface area contributed by atoms with E-state index in [2.05, 4.69) is 27.2 Å². The number of aromatic nitrogens is 3. The topological polar surface area (TPSA) is 66.3 Å². The van der Waals surface area contributed by atoms with Crippen LogP contribution in [0.25, 0.3) is 11.3 Å². The number of carbonyl (C=O) groups is 1. The van der Waals surface area contributed by atoms with Crippen molar-refractivity contribution in [2.75, 3.05) is 29.9 Å². The SMILES string of the molecule is CCN1CCC(C(=O)N2Cc3cc(F)cnc3Nc3cc(F)c(-c4ccnn4C)cc32)CC1. The van der Waals surface area contributed by atoms with Crippen LogP contribution < -0.4 is 10.2 Å². The minimum absolute atomic E-state index is 0.0338. The number of fused-ring (bicyclic) bond motifs is 2. The van der Waals surface area contributed by atoms with E-state index in [-0.39, 0.29) is 18.4 Å². The lowest BCUT2D eigenvalue weighted by Crippen LogP contribution is -2.42. The molecule has 0 aliphatic carbocycles. The summed E-state index contributed by atoms with van der Waals surface area (Å²) in [5, 5.41) is 7.27. The summed E-state index contributed by atoms with van der Waals surface area (Å²) in [6, 6.07) is 6.15. The maximum Gasteiger partial charge on any atom is 0.230 e. The Kier molecular flexibility index (Phi) is 5.57. The predicted molar refractivity (Wildman–Crippen MR) is 122 cm³/mol. The Morgan fingerprint density at radius 3 is 2.70 bits per heavy atom. The van der Waals surface area contributed by atoms with Gasteiger partial charge in [0.2, 0.25) is 5.91 Å². The lowest BCUT2D eigenvalue weighted by Gasteiger charge is -2.34. The van der Waals surface area contributed by atoms with E-state index in [0.29, 0.717) is 34.0 Å². The molecule has 0 atom stereocenters. The third kappa shape index (κ3) is 3.97. The Hall–Kier alpha value is -3.33. The van der Waals surface area contributed by atoms with Crippen molar-refractivity contribution in [1.82, 2.24) is 19.7 Å². The van der Waals surface area contributed by atoms with Gasteiger partial charge in [-0.3, -0.25) is 9.48 Å². The summed E-state index contributed by atoms with van der Waals surface area (Å²) in [4.78, 5) is 21.9. The molecule has 172 valence electrons. The van der Waals surface area contributed by atoms with Crippen molar-refractivity contribution in [2.24, 2.45) is 13.0 Å². The van der Waals surface area contributed by atoms with Gasteiger partial charge in [-0.15, -0.1) is 0 Å². The van der Waals surface area contributed by atoms with Gasteiger partial charge in [0.1, 0.15) is 17.5 Å². The first kappa shape index (κ1) is 21.5. The van der Waals surface area contributed by atoms with Crippen LogP contribution in [0.2, 0.25) is 0 Å². The molecule has 0 saturated carbocycles. The second kappa shape index (κ2) is 8.55. The van der Waals surface area contributed by atoms with Crippen molar-refractivity contribution in [3.8, 4) is 11.3 Å². The first-order chi connectivity index (χ1) is 15.9. The van der Waals surface area contributed by atoms with Crippen LogP contribution in [0.5, 0.6) is 0 Å². The number of anilines is 3. The molecule has 3 aromatic rings. The van der Waals surface area contributed by atoms with Gasteiger partial charge in [0, 0.05) is 36.4 Å². The summed E-state index contributed by atoms with van der Waals surface area (Å²) < 4.78 is 30.8. The van der Waals surface area contributed by atoms with E-state index in [9.17, 15) is 9.18 Å². The molecule has 0 bridgehead atoms. The molecule has 33 heavy (non-hydrogen) atoms. The van der Waals surface area contributed by atoms with Crippen LogP contribution in [0.4, 0.5) is 26.0 Å². The van der Waals surface area contributed by atoms with Crippen molar-refractivity contribution in [1.29, 1.82) is 0 Å². The van der Waals surface area contributed by atoms with Crippen molar-refractivity contribution in [3.63, 3.8) is 0 Å². The van der Waals surface area contributed by atoms with E-state index in [1.54, 1.807) is 35.0 Å². The number of halogens is 2. The molecular weight excluding hydrogens is 426 g/mol. The number of likely N-dealkylation sites (tertiary alicyclic amines) is 1. The van der Waals surface area contributed by atoms with E-state index in [1.807, 2.05) is 0 Å². The standard InChI is InChI=1S/C24H26F2N6O/c1-3-31-8-5-15(6-9-31)24(33)32-14-16-10-17(25)13-27-23(16)29-20-12-19(26)18(11-22(20)32)21-4-7-28-30(21)2/h4,7,10-13,15H,3,5-6,8-9,14H2,1-2H3,(H,27,29). The van der Waals surface area contributed by atoms with Gasteiger partial charge in [-0.05, 0) is 50.7 Å². The fourth-order valence-corrected chi connectivity index (χ4v) is 4.73. The molecule has 1 aromatic carbocycles. The number of pyridine rings is 1. The summed E-state index contributed by atoms with van der Waals surface area (Å²) in [5.41, 5.74) is 2.47. The average Bonchev–Trinajstić information content (AvgIpc) is 3.17. The van der Waals surface area contributed by atoms with E-state index >= 15 is 4.39 Å². The molecule has 2 aliphatic rings. The van der Waals surface area contributed by atoms with Crippen molar-refractivity contribution in [3.05, 3.63) is 53.9 Å². The number of rotatable bonds is 3. The van der Waals surface area contributed by atoms with Gasteiger partial charge in [0.05, 0.1) is 29.8 Å². The first-order valence-corrected chi connectivity index (χ1v) is 11.2. The zero-order valence-electron chi connectivity index (χ0n) is 18.7. The monoisotopic (exact) mass is 452 g/mol. The second-order valence-corrected chi connectivity index (χ2v) is 8.61. The van der Waals surface area contributed by atoms with E-state index < -0.39 is 11.6 Å². The summed E-state index contributed by atoms with van der Waals surface area (Å²) in [5.74, 6) is -0.685. The number of piperidine rings is 1. The summed E-state index contributed by atoms with van der Waals surface area (Å²) in [6.07, 6.45) is 4.24. The maximum absolute atomic E-state index is 15.2. The van der Waals surface area contributed by atoms with Gasteiger partial charge in [-0.1, -0.05) is 6.92 Å². The highest BCUT2D eigenvalue weighted by Crippen LogP contribution is 2.40. The van der Waals surface area contributed by atoms with Crippen LogP contribution in [0, 0.1) is 17.6 Å². The number of hydrogen-bond donors (Lipinski definition) is 1. The van der Waals surface area contributed by atoms with Gasteiger partial charge >= 0.3 is 0 Å². The van der Waals surface area contributed by atoms with E-state index in [0.717, 1.165) is 38.7 Å². The van der Waals surface area contributed by atoms with E-state index in [4.69, 9.17) is 0 Å². The Balaban J connectivity index is 1.59. The number of amides is 1. The molecule has 0 spiro atoms. The molecule has 2 aromatic heterocycles. The van der Waals surface area contributed by atoms with Crippen LogP contribution in [-0.2, 0) is 18.4 Å². The fourth-order valence-electron chi connectivity index (χ4n) is 4.73. The molecule has 4 heterocycles. The molecule has 5 rings (SSSR count). The molecule has 0 radical (unpaired) electrons. The first-order valence-electron chi connectivity index (χ1n) is 11.2. The quantitative estimate of drug-likeness (QED) is 0.649. The predicted octanol–water partition coefficient (Wildman–Crippen LogP) is 4.08. The van der Waals surface area contributed by atoms with Crippen LogP contribution in [0.15, 0.2) is 36.7 Å². The number of aryl methyl sites for hydroxylation is 1. The van der Waals surface area contributed by atoms with Crippen LogP contribution >= 0.6 is 0 Å². The van der Waals surface area contributed by atoms with Crippen LogP contribution in [-0.4, -0.2) is 45.2 Å². The Morgan fingerprint density at radius 1 is 1.21 bits per heavy atom. The molecule has 1 N–H and O–H groups in total. The minimum Gasteiger partial charge on any atom is -0.338 e. The Labute approximate surface area is 191 Å². The van der Waals surface area contributed by atoms with Gasteiger partial charge in [-0.2, -0.15) is 5.10 Å². The molecule has 2 aliphatic heterocycles. The number of carbonyl (C=O) groups excluding carboxylic acids is 1. The Morgan fingerprint density at radius 2 is 2.00 bits per heavy atom. The fraction of sp³-hybridized carbons (Fsp3) is 0.375. The minimum atomic E-state index is -0.480. The molecule has 9 heteroatoms. The molecular formula is C24H26F2N6O. The van der Waals surface area contributed by atoms with Crippen LogP contribution in [0.3, 0.4) is 0 Å². The highest BCUT2D eigenvalue weighted by molar-refractivity contribution is 6.00. The third-order valence-electron chi connectivity index (χ3n) is 6.64. The second-order valence-electron chi connectivity index (χ2n) is 8.61. The summed E-state index contributed by atoms with van der Waals surface area (Å²) in [6.45, 7) is 4.96. The molecule has 0 unspecified atom stereocenters. The lowest BCUT2D eigenvalue weighted by atomic mass is 9.94. The van der Waals surface area contributed by atoms with Gasteiger partial charge < -0.3 is 15.1 Å². The molecule has 1 saturated heterocycles. The molecule has 7 nitrogen and oxygen atoms in total. The molecule has 1 amide bonds. The average molecular weight is 453 g/mol. The zero-order chi connectivity index (χ0) is 23.1. The number of hydrogen-bond acceptors (Lipinski definition) is 5. The van der Waals surface area contributed by atoms with Crippen LogP contribution in [0.1, 0.15) is 25.3 Å². The van der Waals surface area contributed by atoms with Gasteiger partial charge in [-0.25, -0.2) is 13.8 Å². The highest BCUT2D eigenvalue weighted by atomic mass is 19.1. The zero-order valence-corrected chi connectivity index (χ0v) is 18.7. The van der Waals surface area contributed by atoms with Crippen molar-refractivity contribution in [2.45, 2.75) is 26.3 Å². The molecule has 1 fully saturated rings. The van der Waals surface area contributed by atoms with Crippen molar-refractivity contribution >= 4 is 23.1 Å². The normalized spacial score (nSPS) is 16.7. The maximum atomic E-state index is 15.2. The third-order valence-corrected chi connectivity index (χ3v) is 6.64. The van der Waals surface area contributed by atoms with Crippen molar-refractivity contribution < 1.29 is 13.6 Å². The summed E-state index contributed by atoms with van der Waals surface area (Å²) in [7, 11) is 1.74. The number of nitrogens with zero attached hydrogens (tertiary/aromatic N) is 5. The Bertz CT molecular complexity index is 1200. The van der Waals surface area contributed by atoms with Gasteiger partial charge in [0.25, 0.3) is 0 Å². The summed E-state index contributed by atoms with van der Waals surface area (Å²) >= 11 is 0. The highest BCUT2D eigenvalue weighted by Gasteiger charge is 2.33. The number of benzene rings is 1. The van der Waals surface area contributed by atoms with E-state index in [1.165, 1.54) is 12.1 Å². The lowest BCUT2D eigenvalue weighted by molar-refractivity contribution is -0.123.